The van der Waals surface area contributed by atoms with Crippen LogP contribution in [0.4, 0.5) is 10.5 Å². The van der Waals surface area contributed by atoms with Crippen molar-refractivity contribution in [1.82, 2.24) is 5.32 Å². The van der Waals surface area contributed by atoms with Crippen molar-refractivity contribution in [3.05, 3.63) is 29.8 Å². The summed E-state index contributed by atoms with van der Waals surface area (Å²) in [5.41, 5.74) is 2.26. The molecule has 1 aliphatic heterocycles. The minimum absolute atomic E-state index is 0.107. The molecule has 0 aliphatic carbocycles. The predicted octanol–water partition coefficient (Wildman–Crippen LogP) is 2.19. The van der Waals surface area contributed by atoms with Crippen LogP contribution in [0.5, 0.6) is 0 Å². The highest BCUT2D eigenvalue weighted by Crippen LogP contribution is 2.26. The smallest absolute Gasteiger partial charge is 0.321 e. The standard InChI is InChI=1S/C13H17N3O2/c1-2-14-13(17)16-9-5-7-11(15-18)10-6-3-4-8-12(10)16/h3-4,6,8,18H,2,5,7,9H2,1H3,(H,14,17)/b15-11-. The summed E-state index contributed by atoms with van der Waals surface area (Å²) >= 11 is 0. The number of anilines is 1. The molecule has 5 nitrogen and oxygen atoms in total. The van der Waals surface area contributed by atoms with Crippen LogP contribution in [0.2, 0.25) is 0 Å². The van der Waals surface area contributed by atoms with Crippen LogP contribution in [0.3, 0.4) is 0 Å². The van der Waals surface area contributed by atoms with Crippen LogP contribution < -0.4 is 10.2 Å². The Bertz CT molecular complexity index is 471. The topological polar surface area (TPSA) is 64.9 Å². The fourth-order valence-electron chi connectivity index (χ4n) is 2.17. The zero-order valence-corrected chi connectivity index (χ0v) is 10.4. The van der Waals surface area contributed by atoms with Crippen molar-refractivity contribution in [2.75, 3.05) is 18.0 Å². The van der Waals surface area contributed by atoms with Gasteiger partial charge in [-0.3, -0.25) is 4.90 Å². The molecule has 0 bridgehead atoms. The fraction of sp³-hybridized carbons (Fsp3) is 0.385. The van der Waals surface area contributed by atoms with Crippen LogP contribution in [-0.4, -0.2) is 30.0 Å². The van der Waals surface area contributed by atoms with E-state index in [9.17, 15) is 4.79 Å². The quantitative estimate of drug-likeness (QED) is 0.590. The first-order valence-electron chi connectivity index (χ1n) is 6.13. The molecular weight excluding hydrogens is 230 g/mol. The molecule has 18 heavy (non-hydrogen) atoms. The van der Waals surface area contributed by atoms with Gasteiger partial charge in [0.25, 0.3) is 0 Å². The van der Waals surface area contributed by atoms with Crippen LogP contribution in [0.1, 0.15) is 25.3 Å². The first kappa shape index (κ1) is 12.4. The van der Waals surface area contributed by atoms with Gasteiger partial charge in [0.2, 0.25) is 0 Å². The number of carbonyl (C=O) groups is 1. The number of nitrogens with zero attached hydrogens (tertiary/aromatic N) is 2. The number of carbonyl (C=O) groups excluding carboxylic acids is 1. The number of fused-ring (bicyclic) bond motifs is 1. The van der Waals surface area contributed by atoms with Crippen LogP contribution in [-0.2, 0) is 0 Å². The lowest BCUT2D eigenvalue weighted by Crippen LogP contribution is -2.40. The van der Waals surface area contributed by atoms with Crippen molar-refractivity contribution >= 4 is 17.4 Å². The molecule has 0 unspecified atom stereocenters. The maximum absolute atomic E-state index is 12.0. The maximum atomic E-state index is 12.0. The van der Waals surface area contributed by atoms with E-state index in [1.165, 1.54) is 0 Å². The van der Waals surface area contributed by atoms with Gasteiger partial charge in [-0.15, -0.1) is 0 Å². The van der Waals surface area contributed by atoms with Gasteiger partial charge in [0, 0.05) is 18.7 Å². The lowest BCUT2D eigenvalue weighted by Gasteiger charge is -2.22. The number of rotatable bonds is 1. The molecule has 2 N–H and O–H groups in total. The Balaban J connectivity index is 2.42. The third-order valence-electron chi connectivity index (χ3n) is 2.99. The summed E-state index contributed by atoms with van der Waals surface area (Å²) in [6, 6.07) is 7.41. The largest absolute Gasteiger partial charge is 0.411 e. The van der Waals surface area contributed by atoms with Crippen LogP contribution in [0.25, 0.3) is 0 Å². The molecule has 1 aromatic carbocycles. The SMILES string of the molecule is CCNC(=O)N1CCC/C(=N/O)c2ccccc21. The summed E-state index contributed by atoms with van der Waals surface area (Å²) in [5.74, 6) is 0. The van der Waals surface area contributed by atoms with E-state index in [4.69, 9.17) is 5.21 Å². The lowest BCUT2D eigenvalue weighted by atomic mass is 10.1. The Labute approximate surface area is 106 Å². The Kier molecular flexibility index (Phi) is 3.82. The number of para-hydroxylation sites is 1. The number of amides is 2. The summed E-state index contributed by atoms with van der Waals surface area (Å²) in [5, 5.41) is 15.2. The van der Waals surface area contributed by atoms with Crippen molar-refractivity contribution < 1.29 is 10.0 Å². The van der Waals surface area contributed by atoms with Crippen molar-refractivity contribution in [2.45, 2.75) is 19.8 Å². The molecule has 2 rings (SSSR count). The molecule has 1 aromatic rings. The van der Waals surface area contributed by atoms with Crippen LogP contribution in [0, 0.1) is 0 Å². The third-order valence-corrected chi connectivity index (χ3v) is 2.99. The number of benzene rings is 1. The zero-order chi connectivity index (χ0) is 13.0. The van der Waals surface area contributed by atoms with Gasteiger partial charge in [-0.05, 0) is 25.8 Å². The Morgan fingerprint density at radius 2 is 2.28 bits per heavy atom. The first-order chi connectivity index (χ1) is 8.77. The molecule has 2 amide bonds. The van der Waals surface area contributed by atoms with Crippen molar-refractivity contribution in [3.63, 3.8) is 0 Å². The highest BCUT2D eigenvalue weighted by Gasteiger charge is 2.23. The van der Waals surface area contributed by atoms with E-state index in [0.717, 1.165) is 17.7 Å². The molecule has 1 heterocycles. The fourth-order valence-corrected chi connectivity index (χ4v) is 2.17. The van der Waals surface area contributed by atoms with Gasteiger partial charge < -0.3 is 10.5 Å². The summed E-state index contributed by atoms with van der Waals surface area (Å²) < 4.78 is 0. The van der Waals surface area contributed by atoms with Gasteiger partial charge in [-0.1, -0.05) is 23.4 Å². The van der Waals surface area contributed by atoms with Crippen molar-refractivity contribution in [1.29, 1.82) is 0 Å². The second-order valence-electron chi connectivity index (χ2n) is 4.15. The summed E-state index contributed by atoms with van der Waals surface area (Å²) in [7, 11) is 0. The van der Waals surface area contributed by atoms with Gasteiger partial charge >= 0.3 is 6.03 Å². The molecule has 5 heteroatoms. The molecular formula is C13H17N3O2. The van der Waals surface area contributed by atoms with Crippen molar-refractivity contribution in [2.24, 2.45) is 5.16 Å². The third kappa shape index (κ3) is 2.30. The summed E-state index contributed by atoms with van der Waals surface area (Å²) in [6.45, 7) is 3.11. The van der Waals surface area contributed by atoms with Gasteiger partial charge in [0.05, 0.1) is 11.4 Å². The summed E-state index contributed by atoms with van der Waals surface area (Å²) in [4.78, 5) is 13.7. The molecule has 1 aliphatic rings. The Morgan fingerprint density at radius 1 is 1.50 bits per heavy atom. The van der Waals surface area contributed by atoms with Gasteiger partial charge in [-0.25, -0.2) is 4.79 Å². The van der Waals surface area contributed by atoms with Gasteiger partial charge in [0.15, 0.2) is 0 Å². The summed E-state index contributed by atoms with van der Waals surface area (Å²) in [6.07, 6.45) is 1.45. The van der Waals surface area contributed by atoms with Crippen LogP contribution in [0.15, 0.2) is 29.4 Å². The average molecular weight is 247 g/mol. The van der Waals surface area contributed by atoms with Gasteiger partial charge in [0.1, 0.15) is 0 Å². The molecule has 0 saturated carbocycles. The van der Waals surface area contributed by atoms with E-state index < -0.39 is 0 Å². The van der Waals surface area contributed by atoms with Crippen LogP contribution >= 0.6 is 0 Å². The Hall–Kier alpha value is -2.04. The van der Waals surface area contributed by atoms with Crippen molar-refractivity contribution in [3.8, 4) is 0 Å². The number of urea groups is 1. The zero-order valence-electron chi connectivity index (χ0n) is 10.4. The highest BCUT2D eigenvalue weighted by molar-refractivity contribution is 6.08. The number of hydrogen-bond donors (Lipinski definition) is 2. The van der Waals surface area contributed by atoms with Gasteiger partial charge in [-0.2, -0.15) is 0 Å². The number of oxime groups is 1. The van der Waals surface area contributed by atoms with E-state index in [1.807, 2.05) is 31.2 Å². The predicted molar refractivity (Wildman–Crippen MR) is 70.4 cm³/mol. The minimum Gasteiger partial charge on any atom is -0.411 e. The normalized spacial score (nSPS) is 17.2. The molecule has 0 spiro atoms. The van der Waals surface area contributed by atoms with E-state index in [0.29, 0.717) is 25.2 Å². The number of hydrogen-bond acceptors (Lipinski definition) is 3. The second kappa shape index (κ2) is 5.53. The highest BCUT2D eigenvalue weighted by atomic mass is 16.4. The minimum atomic E-state index is -0.107. The first-order valence-corrected chi connectivity index (χ1v) is 6.13. The monoisotopic (exact) mass is 247 g/mol. The molecule has 0 fully saturated rings. The molecule has 0 radical (unpaired) electrons. The van der Waals surface area contributed by atoms with E-state index in [2.05, 4.69) is 10.5 Å². The molecule has 0 saturated heterocycles. The molecule has 0 atom stereocenters. The van der Waals surface area contributed by atoms with E-state index in [1.54, 1.807) is 4.90 Å². The molecule has 0 aromatic heterocycles. The lowest BCUT2D eigenvalue weighted by molar-refractivity contribution is 0.247. The maximum Gasteiger partial charge on any atom is 0.321 e. The molecule has 96 valence electrons. The second-order valence-corrected chi connectivity index (χ2v) is 4.15. The van der Waals surface area contributed by atoms with E-state index >= 15 is 0 Å². The van der Waals surface area contributed by atoms with E-state index in [-0.39, 0.29) is 6.03 Å². The number of nitrogens with one attached hydrogen (secondary N) is 1. The Morgan fingerprint density at radius 3 is 3.00 bits per heavy atom. The average Bonchev–Trinajstić information content (AvgIpc) is 2.58.